The molecule has 0 bridgehead atoms. The number of nitrogens with zero attached hydrogens (tertiary/aromatic N) is 1. The molecule has 2 aliphatic heterocycles. The maximum Gasteiger partial charge on any atom is 0.338 e. The quantitative estimate of drug-likeness (QED) is 0.784. The van der Waals surface area contributed by atoms with E-state index in [2.05, 4.69) is 5.32 Å². The van der Waals surface area contributed by atoms with Gasteiger partial charge in [0.15, 0.2) is 6.61 Å². The predicted molar refractivity (Wildman–Crippen MR) is 107 cm³/mol. The van der Waals surface area contributed by atoms with Gasteiger partial charge >= 0.3 is 5.97 Å². The Labute approximate surface area is 169 Å². The number of piperidine rings is 1. The minimum Gasteiger partial charge on any atom is -0.452 e. The van der Waals surface area contributed by atoms with Crippen molar-refractivity contribution in [3.63, 3.8) is 0 Å². The second kappa shape index (κ2) is 8.55. The molecule has 7 heteroatoms. The number of rotatable bonds is 3. The number of hydrogen-bond acceptors (Lipinski definition) is 5. The lowest BCUT2D eigenvalue weighted by Crippen LogP contribution is -2.50. The first kappa shape index (κ1) is 19.3. The highest BCUT2D eigenvalue weighted by atomic mass is 32.2. The van der Waals surface area contributed by atoms with Gasteiger partial charge in [0.25, 0.3) is 5.91 Å². The van der Waals surface area contributed by atoms with Gasteiger partial charge in [0.1, 0.15) is 0 Å². The third kappa shape index (κ3) is 4.19. The number of benzene rings is 1. The summed E-state index contributed by atoms with van der Waals surface area (Å²) in [6, 6.07) is 5.46. The zero-order valence-corrected chi connectivity index (χ0v) is 16.8. The number of hydrogen-bond donors (Lipinski definition) is 1. The normalized spacial score (nSPS) is 24.4. The van der Waals surface area contributed by atoms with Crippen molar-refractivity contribution in [1.29, 1.82) is 0 Å². The maximum absolute atomic E-state index is 12.7. The van der Waals surface area contributed by atoms with Crippen molar-refractivity contribution in [2.75, 3.05) is 24.2 Å². The molecular formula is C21H26N2O4S. The van der Waals surface area contributed by atoms with Crippen molar-refractivity contribution < 1.29 is 19.1 Å². The predicted octanol–water partition coefficient (Wildman–Crippen LogP) is 3.46. The van der Waals surface area contributed by atoms with E-state index in [-0.39, 0.29) is 18.4 Å². The van der Waals surface area contributed by atoms with E-state index < -0.39 is 5.97 Å². The Bertz CT molecular complexity index is 780. The van der Waals surface area contributed by atoms with E-state index in [0.717, 1.165) is 30.0 Å². The van der Waals surface area contributed by atoms with Gasteiger partial charge in [0, 0.05) is 29.7 Å². The summed E-state index contributed by atoms with van der Waals surface area (Å²) in [5, 5.41) is 2.82. The second-order valence-corrected chi connectivity index (χ2v) is 8.91. The fourth-order valence-corrected chi connectivity index (χ4v) is 5.51. The fraction of sp³-hybridized carbons (Fsp3) is 0.571. The second-order valence-electron chi connectivity index (χ2n) is 7.77. The van der Waals surface area contributed by atoms with E-state index in [1.807, 2.05) is 11.0 Å². The highest BCUT2D eigenvalue weighted by Gasteiger charge is 2.35. The number of ether oxygens (including phenoxy) is 1. The van der Waals surface area contributed by atoms with Gasteiger partial charge in [-0.15, -0.1) is 11.8 Å². The first-order valence-corrected chi connectivity index (χ1v) is 11.1. The highest BCUT2D eigenvalue weighted by molar-refractivity contribution is 7.99. The SMILES string of the molecule is O=C1CCSc2ccc(C(=O)OCC(=O)N3CCC[C@H]4CCCC[C@H]43)cc2N1. The first-order valence-electron chi connectivity index (χ1n) is 10.1. The summed E-state index contributed by atoms with van der Waals surface area (Å²) in [5.41, 5.74) is 0.984. The molecule has 1 saturated heterocycles. The molecule has 0 radical (unpaired) electrons. The van der Waals surface area contributed by atoms with Crippen LogP contribution in [0.3, 0.4) is 0 Å². The molecule has 1 aromatic rings. The Kier molecular flexibility index (Phi) is 5.90. The number of likely N-dealkylation sites (tertiary alicyclic amines) is 1. The number of anilines is 1. The van der Waals surface area contributed by atoms with E-state index in [1.54, 1.807) is 23.9 Å². The number of amides is 2. The topological polar surface area (TPSA) is 75.7 Å². The molecule has 0 unspecified atom stereocenters. The van der Waals surface area contributed by atoms with E-state index >= 15 is 0 Å². The minimum atomic E-state index is -0.531. The molecule has 28 heavy (non-hydrogen) atoms. The first-order chi connectivity index (χ1) is 13.6. The number of carbonyl (C=O) groups excluding carboxylic acids is 3. The number of esters is 1. The molecule has 2 fully saturated rings. The molecule has 3 aliphatic rings. The van der Waals surface area contributed by atoms with Crippen LogP contribution in [0.5, 0.6) is 0 Å². The maximum atomic E-state index is 12.7. The minimum absolute atomic E-state index is 0.0564. The number of carbonyl (C=O) groups is 3. The summed E-state index contributed by atoms with van der Waals surface area (Å²) in [4.78, 5) is 39.8. The molecule has 150 valence electrons. The van der Waals surface area contributed by atoms with Gasteiger partial charge in [-0.2, -0.15) is 0 Å². The highest BCUT2D eigenvalue weighted by Crippen LogP contribution is 2.35. The van der Waals surface area contributed by atoms with Crippen molar-refractivity contribution in [1.82, 2.24) is 4.90 Å². The lowest BCUT2D eigenvalue weighted by molar-refractivity contribution is -0.140. The van der Waals surface area contributed by atoms with Crippen LogP contribution in [0.15, 0.2) is 23.1 Å². The van der Waals surface area contributed by atoms with E-state index in [0.29, 0.717) is 29.6 Å². The van der Waals surface area contributed by atoms with Crippen molar-refractivity contribution in [3.05, 3.63) is 23.8 Å². The molecule has 1 saturated carbocycles. The van der Waals surface area contributed by atoms with Crippen LogP contribution in [-0.4, -0.2) is 47.6 Å². The molecule has 1 aliphatic carbocycles. The lowest BCUT2D eigenvalue weighted by Gasteiger charge is -2.44. The van der Waals surface area contributed by atoms with Crippen LogP contribution in [0.4, 0.5) is 5.69 Å². The van der Waals surface area contributed by atoms with Crippen molar-refractivity contribution in [2.24, 2.45) is 5.92 Å². The lowest BCUT2D eigenvalue weighted by atomic mass is 9.78. The Morgan fingerprint density at radius 3 is 2.89 bits per heavy atom. The van der Waals surface area contributed by atoms with Crippen LogP contribution in [0.25, 0.3) is 0 Å². The molecule has 1 N–H and O–H groups in total. The van der Waals surface area contributed by atoms with Gasteiger partial charge in [-0.3, -0.25) is 9.59 Å². The summed E-state index contributed by atoms with van der Waals surface area (Å²) in [6.07, 6.45) is 7.37. The Morgan fingerprint density at radius 1 is 1.18 bits per heavy atom. The van der Waals surface area contributed by atoms with Crippen molar-refractivity contribution in [3.8, 4) is 0 Å². The Balaban J connectivity index is 1.37. The molecule has 2 heterocycles. The molecule has 0 aromatic heterocycles. The average Bonchev–Trinajstić information content (AvgIpc) is 2.91. The van der Waals surface area contributed by atoms with Gasteiger partial charge in [0.2, 0.25) is 5.91 Å². The summed E-state index contributed by atoms with van der Waals surface area (Å²) in [5.74, 6) is 0.641. The van der Waals surface area contributed by atoms with Gasteiger partial charge in [-0.05, 0) is 49.8 Å². The van der Waals surface area contributed by atoms with Crippen molar-refractivity contribution >= 4 is 35.2 Å². The smallest absolute Gasteiger partial charge is 0.338 e. The van der Waals surface area contributed by atoms with Gasteiger partial charge in [0.05, 0.1) is 11.3 Å². The Hall–Kier alpha value is -2.02. The molecule has 4 rings (SSSR count). The van der Waals surface area contributed by atoms with Crippen LogP contribution in [0.1, 0.15) is 55.3 Å². The summed E-state index contributed by atoms with van der Waals surface area (Å²) in [6.45, 7) is 0.542. The molecule has 2 amide bonds. The van der Waals surface area contributed by atoms with Gasteiger partial charge in [-0.25, -0.2) is 4.79 Å². The van der Waals surface area contributed by atoms with E-state index in [4.69, 9.17) is 4.74 Å². The van der Waals surface area contributed by atoms with E-state index in [1.165, 1.54) is 25.7 Å². The van der Waals surface area contributed by atoms with Crippen molar-refractivity contribution in [2.45, 2.75) is 55.9 Å². The molecule has 6 nitrogen and oxygen atoms in total. The average molecular weight is 403 g/mol. The number of nitrogens with one attached hydrogen (secondary N) is 1. The standard InChI is InChI=1S/C21H26N2O4S/c24-19-9-11-28-18-8-7-15(12-16(18)22-19)21(26)27-13-20(25)23-10-3-5-14-4-1-2-6-17(14)23/h7-8,12,14,17H,1-6,9-11,13H2,(H,22,24)/t14-,17-/m1/s1. The van der Waals surface area contributed by atoms with Crippen LogP contribution in [-0.2, 0) is 14.3 Å². The van der Waals surface area contributed by atoms with Crippen LogP contribution >= 0.6 is 11.8 Å². The fourth-order valence-electron chi connectivity index (χ4n) is 4.57. The molecular weight excluding hydrogens is 376 g/mol. The molecule has 0 spiro atoms. The zero-order valence-electron chi connectivity index (χ0n) is 15.9. The van der Waals surface area contributed by atoms with Crippen LogP contribution in [0.2, 0.25) is 0 Å². The van der Waals surface area contributed by atoms with Gasteiger partial charge in [-0.1, -0.05) is 12.8 Å². The third-order valence-electron chi connectivity index (χ3n) is 5.97. The summed E-state index contributed by atoms with van der Waals surface area (Å²) in [7, 11) is 0. The van der Waals surface area contributed by atoms with E-state index in [9.17, 15) is 14.4 Å². The molecule has 1 aromatic carbocycles. The monoisotopic (exact) mass is 402 g/mol. The number of thioether (sulfide) groups is 1. The van der Waals surface area contributed by atoms with Crippen LogP contribution < -0.4 is 5.32 Å². The van der Waals surface area contributed by atoms with Crippen LogP contribution in [0, 0.1) is 5.92 Å². The van der Waals surface area contributed by atoms with Gasteiger partial charge < -0.3 is 15.0 Å². The zero-order chi connectivity index (χ0) is 19.5. The Morgan fingerprint density at radius 2 is 2.00 bits per heavy atom. The molecule has 2 atom stereocenters. The largest absolute Gasteiger partial charge is 0.452 e. The summed E-state index contributed by atoms with van der Waals surface area (Å²) < 4.78 is 5.32. The summed E-state index contributed by atoms with van der Waals surface area (Å²) >= 11 is 1.59. The third-order valence-corrected chi connectivity index (χ3v) is 7.04. The number of fused-ring (bicyclic) bond motifs is 2.